The van der Waals surface area contributed by atoms with E-state index in [0.717, 1.165) is 11.6 Å². The summed E-state index contributed by atoms with van der Waals surface area (Å²) in [4.78, 5) is 11.8. The van der Waals surface area contributed by atoms with Gasteiger partial charge < -0.3 is 10.1 Å². The highest BCUT2D eigenvalue weighted by molar-refractivity contribution is 5.67. The van der Waals surface area contributed by atoms with Gasteiger partial charge in [-0.25, -0.2) is 4.79 Å². The molecule has 2 aliphatic rings. The predicted octanol–water partition coefficient (Wildman–Crippen LogP) is 2.89. The van der Waals surface area contributed by atoms with Gasteiger partial charge in [0.25, 0.3) is 0 Å². The topological polar surface area (TPSA) is 56.2 Å². The van der Waals surface area contributed by atoms with E-state index in [-0.39, 0.29) is 6.09 Å². The summed E-state index contributed by atoms with van der Waals surface area (Å²) >= 11 is 0. The zero-order valence-electron chi connectivity index (χ0n) is 13.4. The third-order valence-electron chi connectivity index (χ3n) is 4.80. The van der Waals surface area contributed by atoms with Crippen LogP contribution in [0.15, 0.2) is 6.20 Å². The molecule has 0 saturated heterocycles. The lowest BCUT2D eigenvalue weighted by Crippen LogP contribution is -2.33. The smallest absolute Gasteiger partial charge is 0.407 e. The van der Waals surface area contributed by atoms with Crippen molar-refractivity contribution in [3.8, 4) is 0 Å². The Bertz CT molecular complexity index is 558. The van der Waals surface area contributed by atoms with Crippen LogP contribution in [-0.2, 0) is 23.7 Å². The number of ether oxygens (including phenoxy) is 1. The second-order valence-electron chi connectivity index (χ2n) is 7.43. The summed E-state index contributed by atoms with van der Waals surface area (Å²) < 4.78 is 7.18. The Morgan fingerprint density at radius 2 is 2.33 bits per heavy atom. The van der Waals surface area contributed by atoms with Crippen LogP contribution in [0.4, 0.5) is 4.79 Å². The van der Waals surface area contributed by atoms with E-state index in [9.17, 15) is 4.79 Å². The van der Waals surface area contributed by atoms with E-state index in [0.29, 0.717) is 12.0 Å². The van der Waals surface area contributed by atoms with Gasteiger partial charge in [-0.05, 0) is 46.0 Å². The van der Waals surface area contributed by atoms with Crippen molar-refractivity contribution in [2.24, 2.45) is 13.0 Å². The highest BCUT2D eigenvalue weighted by atomic mass is 16.6. The Morgan fingerprint density at radius 3 is 2.90 bits per heavy atom. The fraction of sp³-hybridized carbons (Fsp3) is 0.750. The lowest BCUT2D eigenvalue weighted by molar-refractivity contribution is 0.0522. The first-order valence-corrected chi connectivity index (χ1v) is 7.80. The monoisotopic (exact) mass is 291 g/mol. The minimum Gasteiger partial charge on any atom is -0.444 e. The lowest BCUT2D eigenvalue weighted by Gasteiger charge is -2.20. The number of nitrogens with zero attached hydrogens (tertiary/aromatic N) is 2. The molecule has 3 rings (SSSR count). The zero-order chi connectivity index (χ0) is 15.3. The van der Waals surface area contributed by atoms with Crippen LogP contribution in [0.2, 0.25) is 0 Å². The van der Waals surface area contributed by atoms with E-state index in [4.69, 9.17) is 4.74 Å². The molecule has 0 aliphatic heterocycles. The normalized spacial score (nSPS) is 27.3. The minimum absolute atomic E-state index is 0.360. The fourth-order valence-corrected chi connectivity index (χ4v) is 3.75. The number of carbonyl (C=O) groups is 1. The number of alkyl carbamates (subject to hydrolysis) is 1. The van der Waals surface area contributed by atoms with Crippen LogP contribution in [0, 0.1) is 5.92 Å². The molecule has 1 amide bonds. The van der Waals surface area contributed by atoms with Gasteiger partial charge in [-0.15, -0.1) is 0 Å². The summed E-state index contributed by atoms with van der Waals surface area (Å²) in [7, 11) is 1.94. The van der Waals surface area contributed by atoms with E-state index in [1.165, 1.54) is 31.2 Å². The van der Waals surface area contributed by atoms with Crippen molar-refractivity contribution in [2.75, 3.05) is 0 Å². The number of carbonyl (C=O) groups excluding carboxylic acids is 1. The number of fused-ring (bicyclic) bond motifs is 1. The van der Waals surface area contributed by atoms with Crippen LogP contribution in [0.25, 0.3) is 0 Å². The quantitative estimate of drug-likeness (QED) is 0.931. The Morgan fingerprint density at radius 1 is 1.57 bits per heavy atom. The van der Waals surface area contributed by atoms with Crippen molar-refractivity contribution in [3.63, 3.8) is 0 Å². The molecule has 0 radical (unpaired) electrons. The molecule has 0 spiro atoms. The summed E-state index contributed by atoms with van der Waals surface area (Å²) in [5, 5.41) is 7.27. The molecule has 1 heterocycles. The van der Waals surface area contributed by atoms with Crippen LogP contribution in [-0.4, -0.2) is 21.5 Å². The molecular weight excluding hydrogens is 266 g/mol. The van der Waals surface area contributed by atoms with Crippen molar-refractivity contribution in [1.82, 2.24) is 15.1 Å². The van der Waals surface area contributed by atoms with Gasteiger partial charge in [0.15, 0.2) is 0 Å². The number of aromatic nitrogens is 2. The van der Waals surface area contributed by atoms with Gasteiger partial charge in [0.1, 0.15) is 5.60 Å². The van der Waals surface area contributed by atoms with Crippen LogP contribution in [0.5, 0.6) is 0 Å². The molecule has 2 saturated carbocycles. The van der Waals surface area contributed by atoms with E-state index < -0.39 is 5.60 Å². The van der Waals surface area contributed by atoms with Crippen molar-refractivity contribution in [1.29, 1.82) is 0 Å². The first-order chi connectivity index (χ1) is 9.82. The first kappa shape index (κ1) is 14.4. The summed E-state index contributed by atoms with van der Waals surface area (Å²) in [6.45, 7) is 6.09. The third kappa shape index (κ3) is 2.65. The number of hydrogen-bond acceptors (Lipinski definition) is 3. The summed E-state index contributed by atoms with van der Waals surface area (Å²) in [5.74, 6) is 0.835. The molecule has 1 aromatic rings. The second-order valence-corrected chi connectivity index (χ2v) is 7.43. The molecule has 2 atom stereocenters. The lowest BCUT2D eigenvalue weighted by atomic mass is 9.93. The average Bonchev–Trinajstić information content (AvgIpc) is 2.74. The summed E-state index contributed by atoms with van der Waals surface area (Å²) in [6.07, 6.45) is 6.84. The maximum absolute atomic E-state index is 11.8. The molecule has 0 bridgehead atoms. The SMILES string of the molecule is Cn1ncc(C23CCCC2C3)c1CNC(=O)OC(C)(C)C. The molecule has 2 unspecified atom stereocenters. The van der Waals surface area contributed by atoms with Gasteiger partial charge >= 0.3 is 6.09 Å². The van der Waals surface area contributed by atoms with Gasteiger partial charge in [0.05, 0.1) is 18.4 Å². The van der Waals surface area contributed by atoms with E-state index >= 15 is 0 Å². The van der Waals surface area contributed by atoms with Gasteiger partial charge in [0.2, 0.25) is 0 Å². The maximum atomic E-state index is 11.8. The van der Waals surface area contributed by atoms with E-state index in [2.05, 4.69) is 10.4 Å². The minimum atomic E-state index is -0.467. The Hall–Kier alpha value is -1.52. The average molecular weight is 291 g/mol. The van der Waals surface area contributed by atoms with Crippen molar-refractivity contribution in [3.05, 3.63) is 17.5 Å². The van der Waals surface area contributed by atoms with Gasteiger partial charge in [-0.2, -0.15) is 5.10 Å². The number of nitrogens with one attached hydrogen (secondary N) is 1. The van der Waals surface area contributed by atoms with Crippen LogP contribution < -0.4 is 5.32 Å². The number of amides is 1. The summed E-state index contributed by atoms with van der Waals surface area (Å²) in [6, 6.07) is 0. The van der Waals surface area contributed by atoms with Crippen molar-refractivity contribution >= 4 is 6.09 Å². The summed E-state index contributed by atoms with van der Waals surface area (Å²) in [5.41, 5.74) is 2.35. The molecule has 21 heavy (non-hydrogen) atoms. The first-order valence-electron chi connectivity index (χ1n) is 7.80. The third-order valence-corrected chi connectivity index (χ3v) is 4.80. The van der Waals surface area contributed by atoms with Crippen LogP contribution >= 0.6 is 0 Å². The molecule has 0 aromatic carbocycles. The standard InChI is InChI=1S/C16H25N3O2/c1-15(2,3)21-14(20)17-10-13-12(9-18-19(13)4)16-7-5-6-11(16)8-16/h9,11H,5-8,10H2,1-4H3,(H,17,20). The molecule has 1 N–H and O–H groups in total. The molecule has 2 aliphatic carbocycles. The highest BCUT2D eigenvalue weighted by Gasteiger charge is 2.59. The molecule has 116 valence electrons. The molecule has 5 heteroatoms. The van der Waals surface area contributed by atoms with Gasteiger partial charge in [-0.1, -0.05) is 6.42 Å². The zero-order valence-corrected chi connectivity index (χ0v) is 13.4. The molecular formula is C16H25N3O2. The molecule has 1 aromatic heterocycles. The van der Waals surface area contributed by atoms with Gasteiger partial charge in [0, 0.05) is 18.0 Å². The van der Waals surface area contributed by atoms with Crippen LogP contribution in [0.1, 0.15) is 57.7 Å². The Kier molecular flexibility index (Phi) is 3.26. The maximum Gasteiger partial charge on any atom is 0.407 e. The van der Waals surface area contributed by atoms with Gasteiger partial charge in [-0.3, -0.25) is 4.68 Å². The van der Waals surface area contributed by atoms with Crippen molar-refractivity contribution < 1.29 is 9.53 Å². The van der Waals surface area contributed by atoms with Crippen LogP contribution in [0.3, 0.4) is 0 Å². The number of hydrogen-bond donors (Lipinski definition) is 1. The van der Waals surface area contributed by atoms with E-state index in [1.807, 2.05) is 38.7 Å². The predicted molar refractivity (Wildman–Crippen MR) is 79.9 cm³/mol. The highest BCUT2D eigenvalue weighted by Crippen LogP contribution is 2.64. The molecule has 5 nitrogen and oxygen atoms in total. The molecule has 2 fully saturated rings. The number of aryl methyl sites for hydroxylation is 1. The second kappa shape index (κ2) is 4.75. The van der Waals surface area contributed by atoms with Crippen molar-refractivity contribution in [2.45, 2.75) is 64.0 Å². The number of rotatable bonds is 3. The largest absolute Gasteiger partial charge is 0.444 e. The Balaban J connectivity index is 1.69. The fourth-order valence-electron chi connectivity index (χ4n) is 3.75. The van der Waals surface area contributed by atoms with E-state index in [1.54, 1.807) is 0 Å². The Labute approximate surface area is 126 Å².